The number of anilines is 1. The minimum absolute atomic E-state index is 0.287. The molecule has 1 atom stereocenters. The van der Waals surface area contributed by atoms with Crippen molar-refractivity contribution in [2.45, 2.75) is 13.0 Å². The zero-order chi connectivity index (χ0) is 20.5. The van der Waals surface area contributed by atoms with Crippen molar-refractivity contribution in [2.24, 2.45) is 10.7 Å². The van der Waals surface area contributed by atoms with E-state index in [-0.39, 0.29) is 5.70 Å². The Kier molecular flexibility index (Phi) is 7.59. The second-order valence-corrected chi connectivity index (χ2v) is 6.16. The van der Waals surface area contributed by atoms with Gasteiger partial charge in [0, 0.05) is 29.5 Å². The molecule has 8 heteroatoms. The van der Waals surface area contributed by atoms with Gasteiger partial charge in [-0.2, -0.15) is 0 Å². The third-order valence-corrected chi connectivity index (χ3v) is 4.18. The second-order valence-electron chi connectivity index (χ2n) is 5.75. The van der Waals surface area contributed by atoms with Crippen LogP contribution in [0.25, 0.3) is 5.70 Å². The monoisotopic (exact) mass is 400 g/mol. The van der Waals surface area contributed by atoms with Crippen LogP contribution in [0.15, 0.2) is 59.2 Å². The van der Waals surface area contributed by atoms with Gasteiger partial charge in [-0.15, -0.1) is 0 Å². The average Bonchev–Trinajstić information content (AvgIpc) is 2.68. The Morgan fingerprint density at radius 3 is 2.50 bits per heavy atom. The van der Waals surface area contributed by atoms with Crippen molar-refractivity contribution in [2.75, 3.05) is 12.4 Å². The molecule has 0 spiro atoms. The van der Waals surface area contributed by atoms with Crippen LogP contribution < -0.4 is 16.4 Å². The molecule has 0 saturated heterocycles. The van der Waals surface area contributed by atoms with E-state index in [1.54, 1.807) is 56.4 Å². The van der Waals surface area contributed by atoms with E-state index < -0.39 is 12.2 Å². The average molecular weight is 401 g/mol. The second kappa shape index (κ2) is 10.1. The molecule has 0 bridgehead atoms. The van der Waals surface area contributed by atoms with Crippen molar-refractivity contribution < 1.29 is 14.3 Å². The van der Waals surface area contributed by atoms with Crippen LogP contribution in [-0.2, 0) is 9.53 Å². The molecule has 2 aromatic carbocycles. The lowest BCUT2D eigenvalue weighted by molar-refractivity contribution is -0.105. The molecule has 0 heterocycles. The van der Waals surface area contributed by atoms with Gasteiger partial charge in [0.15, 0.2) is 0 Å². The number of nitrogens with zero attached hydrogens (tertiary/aromatic N) is 1. The molecule has 1 unspecified atom stereocenters. The minimum atomic E-state index is -0.690. The van der Waals surface area contributed by atoms with E-state index in [1.165, 1.54) is 6.21 Å². The molecule has 2 aromatic rings. The van der Waals surface area contributed by atoms with Crippen LogP contribution in [0.5, 0.6) is 0 Å². The maximum absolute atomic E-state index is 12.3. The maximum atomic E-state index is 12.3. The van der Waals surface area contributed by atoms with Crippen LogP contribution in [-0.4, -0.2) is 25.8 Å². The van der Waals surface area contributed by atoms with Crippen molar-refractivity contribution in [3.63, 3.8) is 0 Å². The van der Waals surface area contributed by atoms with Crippen LogP contribution in [0.2, 0.25) is 5.02 Å². The number of hydrogen-bond donors (Lipinski definition) is 3. The van der Waals surface area contributed by atoms with E-state index in [1.807, 2.05) is 6.07 Å². The van der Waals surface area contributed by atoms with Gasteiger partial charge in [-0.05, 0) is 30.7 Å². The number of hydrogen-bond acceptors (Lipinski definition) is 5. The number of rotatable bonds is 7. The summed E-state index contributed by atoms with van der Waals surface area (Å²) in [6.45, 7) is 1.72. The fraction of sp³-hybridized carbons (Fsp3) is 0.150. The Bertz CT molecular complexity index is 895. The van der Waals surface area contributed by atoms with E-state index in [9.17, 15) is 9.59 Å². The van der Waals surface area contributed by atoms with Crippen LogP contribution in [0.4, 0.5) is 10.5 Å². The molecule has 0 aromatic heterocycles. The summed E-state index contributed by atoms with van der Waals surface area (Å²) < 4.78 is 5.40. The Morgan fingerprint density at radius 1 is 1.21 bits per heavy atom. The number of amides is 2. The first-order valence-corrected chi connectivity index (χ1v) is 8.78. The minimum Gasteiger partial charge on any atom is -0.441 e. The molecule has 28 heavy (non-hydrogen) atoms. The normalized spacial score (nSPS) is 12.8. The highest BCUT2D eigenvalue weighted by Crippen LogP contribution is 2.25. The lowest BCUT2D eigenvalue weighted by Gasteiger charge is -2.16. The first-order chi connectivity index (χ1) is 13.5. The number of carbonyl (C=O) groups is 2. The number of carbonyl (C=O) groups excluding carboxylic acids is 2. The Morgan fingerprint density at radius 2 is 1.89 bits per heavy atom. The summed E-state index contributed by atoms with van der Waals surface area (Å²) in [5, 5.41) is 5.65. The molecule has 4 N–H and O–H groups in total. The third kappa shape index (κ3) is 5.59. The highest BCUT2D eigenvalue weighted by Gasteiger charge is 2.16. The Balaban J connectivity index is 2.16. The highest BCUT2D eigenvalue weighted by molar-refractivity contribution is 6.31. The fourth-order valence-corrected chi connectivity index (χ4v) is 2.73. The van der Waals surface area contributed by atoms with Crippen molar-refractivity contribution >= 4 is 41.7 Å². The predicted molar refractivity (Wildman–Crippen MR) is 111 cm³/mol. The Hall–Kier alpha value is -3.32. The molecule has 0 aliphatic carbocycles. The number of nitrogens with two attached hydrogens (primary N) is 1. The summed E-state index contributed by atoms with van der Waals surface area (Å²) in [4.78, 5) is 26.7. The summed E-state index contributed by atoms with van der Waals surface area (Å²) in [5.41, 5.74) is 8.72. The van der Waals surface area contributed by atoms with Gasteiger partial charge >= 0.3 is 6.09 Å². The van der Waals surface area contributed by atoms with Crippen LogP contribution >= 0.6 is 11.6 Å². The zero-order valence-corrected chi connectivity index (χ0v) is 16.2. The molecule has 146 valence electrons. The highest BCUT2D eigenvalue weighted by atomic mass is 35.5. The van der Waals surface area contributed by atoms with Crippen molar-refractivity contribution in [1.29, 1.82) is 0 Å². The van der Waals surface area contributed by atoms with Gasteiger partial charge in [0.25, 0.3) is 0 Å². The van der Waals surface area contributed by atoms with E-state index in [0.717, 1.165) is 0 Å². The SMILES string of the molecule is CN=C/C(NC(=O)OC(C)c1ccccc1Cl)=C(\N)c1ccc(NC=O)cc1. The quantitative estimate of drug-likeness (QED) is 0.486. The summed E-state index contributed by atoms with van der Waals surface area (Å²) in [5.74, 6) is 0. The van der Waals surface area contributed by atoms with Gasteiger partial charge in [-0.25, -0.2) is 4.79 Å². The number of nitrogens with one attached hydrogen (secondary N) is 2. The number of aliphatic imine (C=N–C) groups is 1. The molecule has 0 aliphatic rings. The fourth-order valence-electron chi connectivity index (χ4n) is 2.44. The molecule has 7 nitrogen and oxygen atoms in total. The number of benzene rings is 2. The van der Waals surface area contributed by atoms with Crippen LogP contribution in [0.3, 0.4) is 0 Å². The molecule has 0 fully saturated rings. The first-order valence-electron chi connectivity index (χ1n) is 8.40. The van der Waals surface area contributed by atoms with E-state index in [2.05, 4.69) is 15.6 Å². The predicted octanol–water partition coefficient (Wildman–Crippen LogP) is 3.72. The lowest BCUT2D eigenvalue weighted by atomic mass is 10.1. The zero-order valence-electron chi connectivity index (χ0n) is 15.5. The molecule has 2 rings (SSSR count). The topological polar surface area (TPSA) is 106 Å². The summed E-state index contributed by atoms with van der Waals surface area (Å²) in [6, 6.07) is 13.9. The lowest BCUT2D eigenvalue weighted by Crippen LogP contribution is -2.28. The first kappa shape index (κ1) is 21.0. The summed E-state index contributed by atoms with van der Waals surface area (Å²) >= 11 is 6.13. The van der Waals surface area contributed by atoms with Crippen molar-refractivity contribution in [3.05, 3.63) is 70.4 Å². The molecule has 0 saturated carbocycles. The molecular formula is C20H21ClN4O3. The van der Waals surface area contributed by atoms with E-state index in [4.69, 9.17) is 22.1 Å². The van der Waals surface area contributed by atoms with E-state index in [0.29, 0.717) is 33.9 Å². The van der Waals surface area contributed by atoms with Gasteiger partial charge in [-0.1, -0.05) is 41.9 Å². The number of halogens is 1. The number of allylic oxidation sites excluding steroid dienone is 1. The van der Waals surface area contributed by atoms with Crippen LogP contribution in [0.1, 0.15) is 24.2 Å². The van der Waals surface area contributed by atoms with Gasteiger partial charge < -0.3 is 15.8 Å². The largest absolute Gasteiger partial charge is 0.441 e. The molecule has 2 amide bonds. The smallest absolute Gasteiger partial charge is 0.412 e. The summed E-state index contributed by atoms with van der Waals surface area (Å²) in [6.07, 6.45) is 0.767. The van der Waals surface area contributed by atoms with Gasteiger partial charge in [0.05, 0.1) is 11.4 Å². The molecule has 0 aliphatic heterocycles. The van der Waals surface area contributed by atoms with Crippen molar-refractivity contribution in [3.8, 4) is 0 Å². The van der Waals surface area contributed by atoms with Crippen LogP contribution in [0, 0.1) is 0 Å². The van der Waals surface area contributed by atoms with Gasteiger partial charge in [0.2, 0.25) is 6.41 Å². The third-order valence-electron chi connectivity index (χ3n) is 3.83. The number of alkyl carbamates (subject to hydrolysis) is 1. The molecular weight excluding hydrogens is 380 g/mol. The van der Waals surface area contributed by atoms with E-state index >= 15 is 0 Å². The number of ether oxygens (including phenoxy) is 1. The summed E-state index contributed by atoms with van der Waals surface area (Å²) in [7, 11) is 1.56. The standard InChI is InChI=1S/C20H21ClN4O3/c1-13(16-5-3-4-6-17(16)21)28-20(27)25-18(11-23-2)19(22)14-7-9-15(10-8-14)24-12-26/h3-13H,22H2,1-2H3,(H,24,26)(H,25,27)/b19-18+,23-11?. The Labute approximate surface area is 168 Å². The van der Waals surface area contributed by atoms with Crippen molar-refractivity contribution in [1.82, 2.24) is 5.32 Å². The van der Waals surface area contributed by atoms with Gasteiger partial charge in [-0.3, -0.25) is 15.1 Å². The molecule has 0 radical (unpaired) electrons. The maximum Gasteiger partial charge on any atom is 0.412 e. The van der Waals surface area contributed by atoms with Gasteiger partial charge in [0.1, 0.15) is 6.10 Å².